The first-order valence-corrected chi connectivity index (χ1v) is 5.38. The van der Waals surface area contributed by atoms with Gasteiger partial charge in [0.15, 0.2) is 6.61 Å². The summed E-state index contributed by atoms with van der Waals surface area (Å²) in [5.74, 6) is -1.35. The summed E-state index contributed by atoms with van der Waals surface area (Å²) in [7, 11) is -4.05. The summed E-state index contributed by atoms with van der Waals surface area (Å²) in [5, 5.41) is 14.5. The van der Waals surface area contributed by atoms with Crippen molar-refractivity contribution in [1.82, 2.24) is 10.2 Å². The minimum Gasteiger partial charge on any atom is -0.479 e. The SMILES string of the molecule is Cc1n[nH]c(C)c1S(=O)(=O)OCC(=O)O. The maximum Gasteiger partial charge on any atom is 0.331 e. The second kappa shape index (κ2) is 3.99. The van der Waals surface area contributed by atoms with Crippen molar-refractivity contribution in [2.75, 3.05) is 6.61 Å². The molecule has 1 aromatic heterocycles. The van der Waals surface area contributed by atoms with Gasteiger partial charge in [-0.25, -0.2) is 4.79 Å². The second-order valence-electron chi connectivity index (χ2n) is 2.87. The molecule has 0 saturated carbocycles. The van der Waals surface area contributed by atoms with Gasteiger partial charge in [-0.3, -0.25) is 9.28 Å². The normalized spacial score (nSPS) is 11.6. The number of aromatic nitrogens is 2. The van der Waals surface area contributed by atoms with E-state index in [0.29, 0.717) is 5.69 Å². The van der Waals surface area contributed by atoms with Crippen LogP contribution in [-0.4, -0.2) is 36.3 Å². The fraction of sp³-hybridized carbons (Fsp3) is 0.429. The lowest BCUT2D eigenvalue weighted by molar-refractivity contribution is -0.139. The molecule has 0 aromatic carbocycles. The molecule has 0 aliphatic rings. The van der Waals surface area contributed by atoms with Crippen LogP contribution < -0.4 is 0 Å². The number of rotatable bonds is 4. The first-order valence-electron chi connectivity index (χ1n) is 3.97. The van der Waals surface area contributed by atoms with Crippen LogP contribution in [0.4, 0.5) is 0 Å². The summed E-state index contributed by atoms with van der Waals surface area (Å²) < 4.78 is 27.3. The third-order valence-electron chi connectivity index (χ3n) is 1.65. The summed E-state index contributed by atoms with van der Waals surface area (Å²) >= 11 is 0. The second-order valence-corrected chi connectivity index (χ2v) is 4.43. The number of carboxylic acids is 1. The van der Waals surface area contributed by atoms with Crippen LogP contribution in [0.2, 0.25) is 0 Å². The highest BCUT2D eigenvalue weighted by atomic mass is 32.2. The van der Waals surface area contributed by atoms with Gasteiger partial charge in [-0.05, 0) is 13.8 Å². The fourth-order valence-electron chi connectivity index (χ4n) is 1.10. The van der Waals surface area contributed by atoms with Gasteiger partial charge in [0, 0.05) is 0 Å². The minimum absolute atomic E-state index is 0.108. The van der Waals surface area contributed by atoms with Crippen LogP contribution in [0.15, 0.2) is 4.90 Å². The Balaban J connectivity index is 3.01. The first-order chi connectivity index (χ1) is 6.84. The smallest absolute Gasteiger partial charge is 0.331 e. The number of hydrogen-bond acceptors (Lipinski definition) is 5. The molecule has 7 nitrogen and oxygen atoms in total. The summed E-state index contributed by atoms with van der Waals surface area (Å²) in [4.78, 5) is 10.1. The summed E-state index contributed by atoms with van der Waals surface area (Å²) in [6.07, 6.45) is 0. The van der Waals surface area contributed by atoms with Crippen molar-refractivity contribution < 1.29 is 22.5 Å². The Bertz CT molecular complexity index is 456. The molecule has 0 saturated heterocycles. The molecule has 0 aliphatic carbocycles. The van der Waals surface area contributed by atoms with Crippen molar-refractivity contribution in [2.24, 2.45) is 0 Å². The van der Waals surface area contributed by atoms with Gasteiger partial charge < -0.3 is 5.11 Å². The molecule has 0 spiro atoms. The van der Waals surface area contributed by atoms with Gasteiger partial charge in [0.05, 0.1) is 11.4 Å². The number of H-pyrrole nitrogens is 1. The Hall–Kier alpha value is -1.41. The van der Waals surface area contributed by atoms with E-state index in [2.05, 4.69) is 14.4 Å². The average Bonchev–Trinajstić information content (AvgIpc) is 2.43. The zero-order chi connectivity index (χ0) is 11.6. The van der Waals surface area contributed by atoms with Crippen molar-refractivity contribution in [3.8, 4) is 0 Å². The Morgan fingerprint density at radius 3 is 2.53 bits per heavy atom. The molecule has 0 fully saturated rings. The van der Waals surface area contributed by atoms with Crippen LogP contribution in [-0.2, 0) is 19.1 Å². The molecule has 2 N–H and O–H groups in total. The number of nitrogens with one attached hydrogen (secondary N) is 1. The number of aryl methyl sites for hydroxylation is 2. The molecule has 0 bridgehead atoms. The minimum atomic E-state index is -4.05. The number of nitrogens with zero attached hydrogens (tertiary/aromatic N) is 1. The van der Waals surface area contributed by atoms with E-state index in [1.54, 1.807) is 0 Å². The lowest BCUT2D eigenvalue weighted by Crippen LogP contribution is -2.14. The first kappa shape index (κ1) is 11.7. The predicted molar refractivity (Wildman–Crippen MR) is 48.8 cm³/mol. The van der Waals surface area contributed by atoms with Gasteiger partial charge in [-0.1, -0.05) is 0 Å². The van der Waals surface area contributed by atoms with Gasteiger partial charge in [-0.15, -0.1) is 0 Å². The average molecular weight is 234 g/mol. The molecular weight excluding hydrogens is 224 g/mol. The van der Waals surface area contributed by atoms with E-state index in [1.165, 1.54) is 13.8 Å². The number of carboxylic acid groups (broad SMARTS) is 1. The zero-order valence-electron chi connectivity index (χ0n) is 8.14. The van der Waals surface area contributed by atoms with E-state index in [9.17, 15) is 13.2 Å². The Labute approximate surface area is 86.2 Å². The summed E-state index contributed by atoms with van der Waals surface area (Å²) in [6, 6.07) is 0. The van der Waals surface area contributed by atoms with E-state index < -0.39 is 22.7 Å². The van der Waals surface area contributed by atoms with Gasteiger partial charge in [0.25, 0.3) is 0 Å². The molecule has 1 aromatic rings. The molecule has 84 valence electrons. The van der Waals surface area contributed by atoms with Crippen LogP contribution in [0.5, 0.6) is 0 Å². The number of aliphatic carboxylic acids is 1. The topological polar surface area (TPSA) is 109 Å². The quantitative estimate of drug-likeness (QED) is 0.699. The van der Waals surface area contributed by atoms with Crippen molar-refractivity contribution >= 4 is 16.1 Å². The standard InChI is InChI=1S/C7H10N2O5S/c1-4-7(5(2)9-8-4)15(12,13)14-3-6(10)11/h3H2,1-2H3,(H,8,9)(H,10,11). The Morgan fingerprint density at radius 2 is 2.13 bits per heavy atom. The Kier molecular flexibility index (Phi) is 3.10. The molecular formula is C7H10N2O5S. The highest BCUT2D eigenvalue weighted by Gasteiger charge is 2.24. The summed E-state index contributed by atoms with van der Waals surface area (Å²) in [5.41, 5.74) is 0.566. The van der Waals surface area contributed by atoms with Crippen molar-refractivity contribution in [2.45, 2.75) is 18.7 Å². The van der Waals surface area contributed by atoms with E-state index in [4.69, 9.17) is 5.11 Å². The maximum atomic E-state index is 11.5. The van der Waals surface area contributed by atoms with Gasteiger partial charge in [-0.2, -0.15) is 13.5 Å². The molecule has 0 amide bonds. The Morgan fingerprint density at radius 1 is 1.53 bits per heavy atom. The fourth-order valence-corrected chi connectivity index (χ4v) is 2.30. The van der Waals surface area contributed by atoms with Crippen LogP contribution >= 0.6 is 0 Å². The molecule has 0 radical (unpaired) electrons. The van der Waals surface area contributed by atoms with E-state index in [0.717, 1.165) is 0 Å². The highest BCUT2D eigenvalue weighted by Crippen LogP contribution is 2.18. The monoisotopic (exact) mass is 234 g/mol. The number of aromatic amines is 1. The molecule has 15 heavy (non-hydrogen) atoms. The van der Waals surface area contributed by atoms with Crippen molar-refractivity contribution in [3.05, 3.63) is 11.4 Å². The molecule has 1 rings (SSSR count). The predicted octanol–water partition coefficient (Wildman–Crippen LogP) is -0.184. The van der Waals surface area contributed by atoms with Crippen LogP contribution in [0.1, 0.15) is 11.4 Å². The number of carbonyl (C=O) groups is 1. The molecule has 8 heteroatoms. The van der Waals surface area contributed by atoms with E-state index in [-0.39, 0.29) is 10.6 Å². The lowest BCUT2D eigenvalue weighted by Gasteiger charge is -2.02. The maximum absolute atomic E-state index is 11.5. The zero-order valence-corrected chi connectivity index (χ0v) is 8.96. The number of hydrogen-bond donors (Lipinski definition) is 2. The largest absolute Gasteiger partial charge is 0.479 e. The molecule has 0 unspecified atom stereocenters. The van der Waals surface area contributed by atoms with Crippen LogP contribution in [0, 0.1) is 13.8 Å². The summed E-state index contributed by atoms with van der Waals surface area (Å²) in [6.45, 7) is 2.10. The third kappa shape index (κ3) is 2.54. The van der Waals surface area contributed by atoms with Gasteiger partial charge in [0.2, 0.25) is 0 Å². The van der Waals surface area contributed by atoms with Crippen molar-refractivity contribution in [1.29, 1.82) is 0 Å². The molecule has 1 heterocycles. The van der Waals surface area contributed by atoms with E-state index in [1.807, 2.05) is 0 Å². The van der Waals surface area contributed by atoms with Crippen LogP contribution in [0.3, 0.4) is 0 Å². The lowest BCUT2D eigenvalue weighted by atomic mass is 10.4. The van der Waals surface area contributed by atoms with Gasteiger partial charge in [0.1, 0.15) is 4.90 Å². The highest BCUT2D eigenvalue weighted by molar-refractivity contribution is 7.86. The third-order valence-corrected chi connectivity index (χ3v) is 3.18. The van der Waals surface area contributed by atoms with Crippen LogP contribution in [0.25, 0.3) is 0 Å². The molecule has 0 atom stereocenters. The van der Waals surface area contributed by atoms with Crippen molar-refractivity contribution in [3.63, 3.8) is 0 Å². The van der Waals surface area contributed by atoms with Gasteiger partial charge >= 0.3 is 16.1 Å². The molecule has 0 aliphatic heterocycles. The van der Waals surface area contributed by atoms with E-state index >= 15 is 0 Å².